The Morgan fingerprint density at radius 1 is 0.636 bits per heavy atom. The van der Waals surface area contributed by atoms with E-state index in [0.717, 1.165) is 22.3 Å². The highest BCUT2D eigenvalue weighted by Crippen LogP contribution is 2.19. The quantitative estimate of drug-likeness (QED) is 0.147. The van der Waals surface area contributed by atoms with E-state index in [2.05, 4.69) is 28.1 Å². The number of hydrogen-bond acceptors (Lipinski definition) is 3. The Labute approximate surface area is 261 Å². The lowest BCUT2D eigenvalue weighted by atomic mass is 10.0. The standard InChI is InChI=1S/C37H30ClN3O3/c38-32-19-13-26(14-20-32)23-34(41-36(43)31-9-5-2-6-10-31)37(44)40-33-21-15-27(16-22-33)24-35(42)39-25-28-11-17-30(18-12-28)29-7-3-1-4-8-29/h1-23H,24-25H2,(H,39,42)(H,40,44)(H,41,43). The first-order valence-electron chi connectivity index (χ1n) is 14.1. The molecule has 218 valence electrons. The SMILES string of the molecule is O=C(Cc1ccc(NC(=O)C(=Cc2ccc(Cl)cc2)NC(=O)c2ccccc2)cc1)NCc1ccc(-c2ccccc2)cc1. The zero-order valence-electron chi connectivity index (χ0n) is 23.8. The van der Waals surface area contributed by atoms with Crippen LogP contribution in [-0.4, -0.2) is 17.7 Å². The Morgan fingerprint density at radius 2 is 1.23 bits per heavy atom. The number of carbonyl (C=O) groups excluding carboxylic acids is 3. The third-order valence-corrected chi connectivity index (χ3v) is 7.09. The first-order valence-corrected chi connectivity index (χ1v) is 14.5. The van der Waals surface area contributed by atoms with E-state index in [9.17, 15) is 14.4 Å². The van der Waals surface area contributed by atoms with Gasteiger partial charge in [0.25, 0.3) is 11.8 Å². The summed E-state index contributed by atoms with van der Waals surface area (Å²) in [6, 6.07) is 40.9. The second kappa shape index (κ2) is 14.6. The Hall–Kier alpha value is -5.46. The molecule has 0 spiro atoms. The minimum atomic E-state index is -0.493. The highest BCUT2D eigenvalue weighted by molar-refractivity contribution is 6.30. The van der Waals surface area contributed by atoms with E-state index in [1.54, 1.807) is 78.9 Å². The molecule has 0 aliphatic carbocycles. The van der Waals surface area contributed by atoms with Crippen molar-refractivity contribution in [3.63, 3.8) is 0 Å². The lowest BCUT2D eigenvalue weighted by Crippen LogP contribution is -2.30. The fourth-order valence-corrected chi connectivity index (χ4v) is 4.59. The maximum atomic E-state index is 13.3. The van der Waals surface area contributed by atoms with Gasteiger partial charge in [-0.1, -0.05) is 109 Å². The van der Waals surface area contributed by atoms with E-state index in [4.69, 9.17) is 11.6 Å². The van der Waals surface area contributed by atoms with Gasteiger partial charge >= 0.3 is 0 Å². The van der Waals surface area contributed by atoms with Gasteiger partial charge in [-0.3, -0.25) is 14.4 Å². The molecule has 5 rings (SSSR count). The van der Waals surface area contributed by atoms with Crippen molar-refractivity contribution in [1.82, 2.24) is 10.6 Å². The molecule has 0 bridgehead atoms. The van der Waals surface area contributed by atoms with E-state index >= 15 is 0 Å². The fourth-order valence-electron chi connectivity index (χ4n) is 4.47. The average Bonchev–Trinajstić information content (AvgIpc) is 3.06. The van der Waals surface area contributed by atoms with Crippen LogP contribution in [0.1, 0.15) is 27.0 Å². The van der Waals surface area contributed by atoms with Crippen LogP contribution >= 0.6 is 11.6 Å². The summed E-state index contributed by atoms with van der Waals surface area (Å²) in [5.41, 5.74) is 5.80. The average molecular weight is 600 g/mol. The second-order valence-electron chi connectivity index (χ2n) is 10.1. The van der Waals surface area contributed by atoms with Crippen molar-refractivity contribution in [2.45, 2.75) is 13.0 Å². The zero-order chi connectivity index (χ0) is 30.7. The van der Waals surface area contributed by atoms with Gasteiger partial charge < -0.3 is 16.0 Å². The predicted molar refractivity (Wildman–Crippen MR) is 176 cm³/mol. The molecule has 0 atom stereocenters. The summed E-state index contributed by atoms with van der Waals surface area (Å²) in [5, 5.41) is 9.07. The maximum Gasteiger partial charge on any atom is 0.272 e. The Kier molecular flexibility index (Phi) is 9.98. The van der Waals surface area contributed by atoms with E-state index in [1.807, 2.05) is 48.5 Å². The van der Waals surface area contributed by atoms with Crippen molar-refractivity contribution in [1.29, 1.82) is 0 Å². The number of anilines is 1. The van der Waals surface area contributed by atoms with Gasteiger partial charge in [-0.2, -0.15) is 0 Å². The molecule has 5 aromatic carbocycles. The third-order valence-electron chi connectivity index (χ3n) is 6.84. The molecule has 0 aromatic heterocycles. The van der Waals surface area contributed by atoms with Gasteiger partial charge in [0.2, 0.25) is 5.91 Å². The lowest BCUT2D eigenvalue weighted by molar-refractivity contribution is -0.120. The molecule has 0 unspecified atom stereocenters. The number of carbonyl (C=O) groups is 3. The van der Waals surface area contributed by atoms with Crippen molar-refractivity contribution in [3.05, 3.63) is 166 Å². The molecule has 0 heterocycles. The number of hydrogen-bond donors (Lipinski definition) is 3. The number of halogens is 1. The smallest absolute Gasteiger partial charge is 0.272 e. The van der Waals surface area contributed by atoms with Gasteiger partial charge in [0, 0.05) is 22.8 Å². The Bertz CT molecular complexity index is 1750. The van der Waals surface area contributed by atoms with Crippen LogP contribution in [0.5, 0.6) is 0 Å². The summed E-state index contributed by atoms with van der Waals surface area (Å²) in [5.74, 6) is -1.01. The van der Waals surface area contributed by atoms with Crippen LogP contribution in [0.25, 0.3) is 17.2 Å². The van der Waals surface area contributed by atoms with Crippen LogP contribution in [0.2, 0.25) is 5.02 Å². The number of nitrogens with one attached hydrogen (secondary N) is 3. The molecule has 0 fully saturated rings. The minimum absolute atomic E-state index is 0.0708. The normalized spacial score (nSPS) is 11.0. The van der Waals surface area contributed by atoms with Gasteiger partial charge in [0.05, 0.1) is 6.42 Å². The van der Waals surface area contributed by atoms with Crippen molar-refractivity contribution in [2.75, 3.05) is 5.32 Å². The van der Waals surface area contributed by atoms with Crippen molar-refractivity contribution >= 4 is 41.1 Å². The molecule has 5 aromatic rings. The minimum Gasteiger partial charge on any atom is -0.352 e. The highest BCUT2D eigenvalue weighted by Gasteiger charge is 2.15. The molecule has 3 N–H and O–H groups in total. The van der Waals surface area contributed by atoms with Crippen LogP contribution in [0, 0.1) is 0 Å². The largest absolute Gasteiger partial charge is 0.352 e. The van der Waals surface area contributed by atoms with Crippen molar-refractivity contribution in [2.24, 2.45) is 0 Å². The van der Waals surface area contributed by atoms with E-state index in [0.29, 0.717) is 28.4 Å². The Morgan fingerprint density at radius 3 is 1.89 bits per heavy atom. The zero-order valence-corrected chi connectivity index (χ0v) is 24.6. The summed E-state index contributed by atoms with van der Waals surface area (Å²) in [6.07, 6.45) is 1.78. The van der Waals surface area contributed by atoms with Gasteiger partial charge in [-0.15, -0.1) is 0 Å². The van der Waals surface area contributed by atoms with Crippen LogP contribution in [-0.2, 0) is 22.6 Å². The Balaban J connectivity index is 1.18. The van der Waals surface area contributed by atoms with E-state index in [1.165, 1.54) is 0 Å². The molecule has 0 saturated heterocycles. The van der Waals surface area contributed by atoms with Crippen molar-refractivity contribution in [3.8, 4) is 11.1 Å². The maximum absolute atomic E-state index is 13.3. The predicted octanol–water partition coefficient (Wildman–Crippen LogP) is 7.28. The summed E-state index contributed by atoms with van der Waals surface area (Å²) in [7, 11) is 0. The molecule has 0 saturated carbocycles. The van der Waals surface area contributed by atoms with Gasteiger partial charge in [-0.05, 0) is 70.3 Å². The van der Waals surface area contributed by atoms with Gasteiger partial charge in [0.1, 0.15) is 5.70 Å². The summed E-state index contributed by atoms with van der Waals surface area (Å²) in [4.78, 5) is 38.7. The van der Waals surface area contributed by atoms with Crippen LogP contribution in [0.3, 0.4) is 0 Å². The third kappa shape index (κ3) is 8.53. The molecular formula is C37H30ClN3O3. The van der Waals surface area contributed by atoms with E-state index in [-0.39, 0.29) is 18.0 Å². The molecule has 0 aliphatic heterocycles. The molecule has 7 heteroatoms. The van der Waals surface area contributed by atoms with Crippen LogP contribution < -0.4 is 16.0 Å². The topological polar surface area (TPSA) is 87.3 Å². The summed E-state index contributed by atoms with van der Waals surface area (Å²) >= 11 is 6.00. The first-order chi connectivity index (χ1) is 21.4. The molecule has 0 radical (unpaired) electrons. The number of benzene rings is 5. The molecule has 3 amide bonds. The number of rotatable bonds is 10. The first kappa shape index (κ1) is 30.0. The lowest BCUT2D eigenvalue weighted by Gasteiger charge is -2.12. The summed E-state index contributed by atoms with van der Waals surface area (Å²) < 4.78 is 0. The summed E-state index contributed by atoms with van der Waals surface area (Å²) in [6.45, 7) is 0.430. The monoisotopic (exact) mass is 599 g/mol. The van der Waals surface area contributed by atoms with Gasteiger partial charge in [-0.25, -0.2) is 0 Å². The molecular weight excluding hydrogens is 570 g/mol. The molecule has 0 aliphatic rings. The molecule has 6 nitrogen and oxygen atoms in total. The number of amides is 3. The molecule has 44 heavy (non-hydrogen) atoms. The van der Waals surface area contributed by atoms with E-state index < -0.39 is 11.8 Å². The second-order valence-corrected chi connectivity index (χ2v) is 10.5. The van der Waals surface area contributed by atoms with Crippen molar-refractivity contribution < 1.29 is 14.4 Å². The van der Waals surface area contributed by atoms with Gasteiger partial charge in [0.15, 0.2) is 0 Å². The van der Waals surface area contributed by atoms with Crippen LogP contribution in [0.4, 0.5) is 5.69 Å². The highest BCUT2D eigenvalue weighted by atomic mass is 35.5. The van der Waals surface area contributed by atoms with Crippen LogP contribution in [0.15, 0.2) is 139 Å². The fraction of sp³-hybridized carbons (Fsp3) is 0.0541.